The number of nitrogens with zero attached hydrogens (tertiary/aromatic N) is 4. The summed E-state index contributed by atoms with van der Waals surface area (Å²) in [4.78, 5) is 12.4. The second-order valence-electron chi connectivity index (χ2n) is 6.09. The Balaban J connectivity index is 1.74. The van der Waals surface area contributed by atoms with Crippen LogP contribution in [0.5, 0.6) is 5.75 Å². The average molecular weight is 416 g/mol. The van der Waals surface area contributed by atoms with Crippen molar-refractivity contribution < 1.29 is 22.3 Å². The zero-order valence-corrected chi connectivity index (χ0v) is 15.0. The number of halogens is 4. The van der Waals surface area contributed by atoms with Crippen molar-refractivity contribution in [1.82, 2.24) is 19.6 Å². The van der Waals surface area contributed by atoms with Crippen LogP contribution < -0.4 is 10.2 Å². The van der Waals surface area contributed by atoms with Gasteiger partial charge in [0, 0.05) is 12.3 Å². The molecule has 2 aromatic heterocycles. The van der Waals surface area contributed by atoms with E-state index in [1.165, 1.54) is 64.2 Å². The molecular weight excluding hydrogens is 404 g/mol. The maximum atomic E-state index is 14.2. The van der Waals surface area contributed by atoms with Gasteiger partial charge in [0.1, 0.15) is 17.3 Å². The largest absolute Gasteiger partial charge is 0.573 e. The topological polar surface area (TPSA) is 61.9 Å². The van der Waals surface area contributed by atoms with E-state index in [0.717, 1.165) is 12.1 Å². The predicted molar refractivity (Wildman–Crippen MR) is 99.0 cm³/mol. The molecule has 6 nitrogen and oxygen atoms in total. The van der Waals surface area contributed by atoms with Gasteiger partial charge in [-0.25, -0.2) is 13.8 Å². The van der Waals surface area contributed by atoms with E-state index < -0.39 is 17.6 Å². The number of hydrogen-bond donors (Lipinski definition) is 0. The van der Waals surface area contributed by atoms with Gasteiger partial charge < -0.3 is 4.74 Å². The first kappa shape index (κ1) is 19.4. The molecule has 4 rings (SSSR count). The van der Waals surface area contributed by atoms with Gasteiger partial charge in [0.05, 0.1) is 17.6 Å². The maximum Gasteiger partial charge on any atom is 0.573 e. The Morgan fingerprint density at radius 2 is 1.67 bits per heavy atom. The lowest BCUT2D eigenvalue weighted by Gasteiger charge is -2.11. The Kier molecular flexibility index (Phi) is 4.82. The number of hydrogen-bond acceptors (Lipinski definition) is 4. The molecule has 30 heavy (non-hydrogen) atoms. The quantitative estimate of drug-likeness (QED) is 0.470. The minimum atomic E-state index is -4.80. The second kappa shape index (κ2) is 7.47. The molecule has 0 saturated carbocycles. The van der Waals surface area contributed by atoms with Crippen molar-refractivity contribution in [2.24, 2.45) is 0 Å². The highest BCUT2D eigenvalue weighted by Gasteiger charge is 2.31. The van der Waals surface area contributed by atoms with E-state index in [0.29, 0.717) is 5.69 Å². The molecule has 0 saturated heterocycles. The molecule has 4 aromatic rings. The summed E-state index contributed by atoms with van der Waals surface area (Å²) < 4.78 is 57.5. The van der Waals surface area contributed by atoms with Gasteiger partial charge >= 0.3 is 6.36 Å². The van der Waals surface area contributed by atoms with E-state index in [9.17, 15) is 22.4 Å². The summed E-state index contributed by atoms with van der Waals surface area (Å²) in [6, 6.07) is 13.7. The Morgan fingerprint density at radius 1 is 0.933 bits per heavy atom. The zero-order chi connectivity index (χ0) is 21.3. The fourth-order valence-corrected chi connectivity index (χ4v) is 2.83. The second-order valence-corrected chi connectivity index (χ2v) is 6.09. The maximum absolute atomic E-state index is 14.2. The molecule has 0 fully saturated rings. The number of rotatable bonds is 4. The van der Waals surface area contributed by atoms with Crippen LogP contribution in [0.2, 0.25) is 0 Å². The Hall–Kier alpha value is -3.95. The summed E-state index contributed by atoms with van der Waals surface area (Å²) in [5.74, 6) is -0.913. The molecule has 0 unspecified atom stereocenters. The summed E-state index contributed by atoms with van der Waals surface area (Å²) in [6.45, 7) is 0. The Bertz CT molecular complexity index is 1250. The van der Waals surface area contributed by atoms with Crippen LogP contribution in [-0.4, -0.2) is 25.9 Å². The van der Waals surface area contributed by atoms with Crippen molar-refractivity contribution >= 4 is 0 Å². The standard InChI is InChI=1S/C20H12F4N4O2/c21-15-3-1-2-4-16(15)28-17(9-11-25-28)19-18(29)10-12-27(26-19)13-5-7-14(8-6-13)30-20(22,23)24/h1-12H. The van der Waals surface area contributed by atoms with Crippen LogP contribution >= 0.6 is 0 Å². The molecule has 10 heteroatoms. The highest BCUT2D eigenvalue weighted by atomic mass is 19.4. The Morgan fingerprint density at radius 3 is 2.37 bits per heavy atom. The lowest BCUT2D eigenvalue weighted by Crippen LogP contribution is -2.17. The van der Waals surface area contributed by atoms with E-state index in [1.54, 1.807) is 6.07 Å². The van der Waals surface area contributed by atoms with Crippen molar-refractivity contribution in [3.05, 3.63) is 89.1 Å². The van der Waals surface area contributed by atoms with E-state index in [1.807, 2.05) is 0 Å². The van der Waals surface area contributed by atoms with E-state index >= 15 is 0 Å². The molecule has 0 radical (unpaired) electrons. The van der Waals surface area contributed by atoms with Gasteiger partial charge in [-0.2, -0.15) is 10.2 Å². The normalized spacial score (nSPS) is 11.5. The van der Waals surface area contributed by atoms with Crippen LogP contribution in [0.25, 0.3) is 22.8 Å². The summed E-state index contributed by atoms with van der Waals surface area (Å²) in [6.07, 6.45) is -2.02. The monoisotopic (exact) mass is 416 g/mol. The molecule has 2 heterocycles. The van der Waals surface area contributed by atoms with Crippen LogP contribution in [0.3, 0.4) is 0 Å². The minimum absolute atomic E-state index is 0.00567. The molecule has 0 atom stereocenters. The number of ether oxygens (including phenoxy) is 1. The molecule has 152 valence electrons. The molecule has 0 aliphatic heterocycles. The van der Waals surface area contributed by atoms with Crippen molar-refractivity contribution in [2.75, 3.05) is 0 Å². The number of para-hydroxylation sites is 1. The molecule has 0 spiro atoms. The van der Waals surface area contributed by atoms with Gasteiger partial charge in [0.2, 0.25) is 5.43 Å². The fraction of sp³-hybridized carbons (Fsp3) is 0.0500. The molecule has 0 bridgehead atoms. The Labute approximate surface area is 166 Å². The molecule has 0 N–H and O–H groups in total. The van der Waals surface area contributed by atoms with E-state index in [-0.39, 0.29) is 22.8 Å². The van der Waals surface area contributed by atoms with Gasteiger partial charge in [-0.05, 0) is 42.5 Å². The van der Waals surface area contributed by atoms with Gasteiger partial charge in [0.25, 0.3) is 0 Å². The third-order valence-corrected chi connectivity index (χ3v) is 4.11. The van der Waals surface area contributed by atoms with Gasteiger partial charge in [-0.15, -0.1) is 13.2 Å². The predicted octanol–water partition coefficient (Wildman–Crippen LogP) is 4.12. The summed E-state index contributed by atoms with van der Waals surface area (Å²) in [5.41, 5.74) is 0.359. The van der Waals surface area contributed by atoms with Crippen LogP contribution in [0.1, 0.15) is 0 Å². The van der Waals surface area contributed by atoms with E-state index in [4.69, 9.17) is 0 Å². The van der Waals surface area contributed by atoms with Crippen LogP contribution in [0, 0.1) is 5.82 Å². The fourth-order valence-electron chi connectivity index (χ4n) is 2.83. The smallest absolute Gasteiger partial charge is 0.406 e. The summed E-state index contributed by atoms with van der Waals surface area (Å²) in [5, 5.41) is 8.34. The number of aromatic nitrogens is 4. The SMILES string of the molecule is O=c1ccn(-c2ccc(OC(F)(F)F)cc2)nc1-c1ccnn1-c1ccccc1F. The van der Waals surface area contributed by atoms with E-state index in [2.05, 4.69) is 14.9 Å². The van der Waals surface area contributed by atoms with Crippen molar-refractivity contribution in [3.8, 4) is 28.5 Å². The lowest BCUT2D eigenvalue weighted by molar-refractivity contribution is -0.274. The number of benzene rings is 2. The van der Waals surface area contributed by atoms with Crippen molar-refractivity contribution in [3.63, 3.8) is 0 Å². The number of alkyl halides is 3. The van der Waals surface area contributed by atoms with Crippen LogP contribution in [-0.2, 0) is 0 Å². The third-order valence-electron chi connectivity index (χ3n) is 4.11. The highest BCUT2D eigenvalue weighted by molar-refractivity contribution is 5.57. The van der Waals surface area contributed by atoms with Crippen molar-refractivity contribution in [2.45, 2.75) is 6.36 Å². The van der Waals surface area contributed by atoms with Gasteiger partial charge in [0.15, 0.2) is 5.69 Å². The minimum Gasteiger partial charge on any atom is -0.406 e. The first-order valence-electron chi connectivity index (χ1n) is 8.57. The van der Waals surface area contributed by atoms with Crippen molar-refractivity contribution in [1.29, 1.82) is 0 Å². The average Bonchev–Trinajstić information content (AvgIpc) is 3.17. The molecule has 2 aromatic carbocycles. The zero-order valence-electron chi connectivity index (χ0n) is 15.0. The molecule has 0 amide bonds. The van der Waals surface area contributed by atoms with Gasteiger partial charge in [-0.1, -0.05) is 12.1 Å². The molecule has 0 aliphatic rings. The van der Waals surface area contributed by atoms with Crippen LogP contribution in [0.15, 0.2) is 77.9 Å². The first-order chi connectivity index (χ1) is 14.3. The highest BCUT2D eigenvalue weighted by Crippen LogP contribution is 2.24. The summed E-state index contributed by atoms with van der Waals surface area (Å²) in [7, 11) is 0. The first-order valence-corrected chi connectivity index (χ1v) is 8.57. The van der Waals surface area contributed by atoms with Crippen LogP contribution in [0.4, 0.5) is 17.6 Å². The molecular formula is C20H12F4N4O2. The summed E-state index contributed by atoms with van der Waals surface area (Å²) >= 11 is 0. The lowest BCUT2D eigenvalue weighted by atomic mass is 10.2. The third kappa shape index (κ3) is 3.93. The van der Waals surface area contributed by atoms with Gasteiger partial charge in [-0.3, -0.25) is 4.79 Å². The molecule has 0 aliphatic carbocycles.